The number of rotatable bonds is 10. The number of aliphatic hydroxyl groups excluding tert-OH is 1. The molecule has 0 spiro atoms. The van der Waals surface area contributed by atoms with Crippen LogP contribution in [0.5, 0.6) is 11.5 Å². The number of aliphatic hydroxyl groups is 1. The van der Waals surface area contributed by atoms with Crippen LogP contribution in [0.25, 0.3) is 0 Å². The molecule has 1 amide bonds. The summed E-state index contributed by atoms with van der Waals surface area (Å²) in [6, 6.07) is 7.87. The summed E-state index contributed by atoms with van der Waals surface area (Å²) in [4.78, 5) is 21.4. The molecule has 0 bridgehead atoms. The van der Waals surface area contributed by atoms with Gasteiger partial charge in [0.15, 0.2) is 12.2 Å². The minimum absolute atomic E-state index is 0.112. The number of fused-ring (bicyclic) bond motifs is 1. The molecule has 1 aliphatic carbocycles. The van der Waals surface area contributed by atoms with Crippen LogP contribution in [0.2, 0.25) is 0 Å². The molecule has 4 N–H and O–H groups in total. The van der Waals surface area contributed by atoms with Crippen LogP contribution in [0.1, 0.15) is 52.2 Å². The van der Waals surface area contributed by atoms with E-state index in [9.17, 15) is 9.90 Å². The van der Waals surface area contributed by atoms with Crippen molar-refractivity contribution in [1.82, 2.24) is 20.6 Å². The van der Waals surface area contributed by atoms with E-state index in [2.05, 4.69) is 25.9 Å². The topological polar surface area (TPSA) is 131 Å². The van der Waals surface area contributed by atoms with Crippen LogP contribution in [0.3, 0.4) is 0 Å². The summed E-state index contributed by atoms with van der Waals surface area (Å²) in [6.07, 6.45) is 6.26. The van der Waals surface area contributed by atoms with E-state index in [1.54, 1.807) is 12.3 Å². The summed E-state index contributed by atoms with van der Waals surface area (Å²) in [5, 5.41) is 20.4. The highest BCUT2D eigenvalue weighted by Crippen LogP contribution is 2.26. The Morgan fingerprint density at radius 3 is 2.86 bits per heavy atom. The maximum Gasteiger partial charge on any atom is 0.255 e. The van der Waals surface area contributed by atoms with Crippen molar-refractivity contribution in [3.63, 3.8) is 0 Å². The standard InChI is InChI=1S/C27H33N5O5/c1-16-25(37-15-31-16)14-36-20-7-6-17-9-22(28-11-18(17)8-20)23(33)12-30-27(34)21-10-26(29-13-24(21)35-2)32-19-4-3-5-19/h6-8,10,13,15,19,22-23,28,33H,3-5,9,11-12,14H2,1-2H3,(H,29,32)(H,30,34)/t22-,23?/m0/s1. The van der Waals surface area contributed by atoms with Crippen LogP contribution >= 0.6 is 0 Å². The van der Waals surface area contributed by atoms with Gasteiger partial charge in [-0.05, 0) is 61.9 Å². The van der Waals surface area contributed by atoms with Crippen LogP contribution in [0.4, 0.5) is 5.82 Å². The Bertz CT molecular complexity index is 1240. The smallest absolute Gasteiger partial charge is 0.255 e. The van der Waals surface area contributed by atoms with Gasteiger partial charge >= 0.3 is 0 Å². The lowest BCUT2D eigenvalue weighted by molar-refractivity contribution is 0.0867. The summed E-state index contributed by atoms with van der Waals surface area (Å²) < 4.78 is 16.5. The second-order valence-corrected chi connectivity index (χ2v) is 9.59. The largest absolute Gasteiger partial charge is 0.494 e. The minimum atomic E-state index is -0.761. The molecular formula is C27H33N5O5. The summed E-state index contributed by atoms with van der Waals surface area (Å²) in [5.74, 6) is 2.19. The number of hydrogen-bond acceptors (Lipinski definition) is 9. The van der Waals surface area contributed by atoms with Crippen molar-refractivity contribution >= 4 is 11.7 Å². The second-order valence-electron chi connectivity index (χ2n) is 9.59. The number of pyridine rings is 1. The van der Waals surface area contributed by atoms with Crippen molar-refractivity contribution in [2.24, 2.45) is 0 Å². The number of methoxy groups -OCH3 is 1. The number of aryl methyl sites for hydroxylation is 1. The van der Waals surface area contributed by atoms with E-state index in [1.165, 1.54) is 19.9 Å². The number of carbonyl (C=O) groups excluding carboxylic acids is 1. The van der Waals surface area contributed by atoms with Gasteiger partial charge in [-0.3, -0.25) is 4.79 Å². The highest BCUT2D eigenvalue weighted by atomic mass is 16.5. The van der Waals surface area contributed by atoms with Crippen molar-refractivity contribution in [3.8, 4) is 11.5 Å². The SMILES string of the molecule is COc1cnc(NC2CCC2)cc1C(=O)NCC(O)[C@@H]1Cc2ccc(OCc3ocnc3C)cc2CN1. The molecule has 3 heterocycles. The van der Waals surface area contributed by atoms with Gasteiger partial charge in [-0.2, -0.15) is 0 Å². The lowest BCUT2D eigenvalue weighted by Crippen LogP contribution is -2.49. The Morgan fingerprint density at radius 1 is 1.27 bits per heavy atom. The number of nitrogens with one attached hydrogen (secondary N) is 3. The Kier molecular flexibility index (Phi) is 7.57. The first-order valence-electron chi connectivity index (χ1n) is 12.6. The minimum Gasteiger partial charge on any atom is -0.494 e. The molecule has 1 fully saturated rings. The molecule has 1 aromatic carbocycles. The number of nitrogens with zero attached hydrogens (tertiary/aromatic N) is 2. The summed E-state index contributed by atoms with van der Waals surface area (Å²) in [7, 11) is 1.51. The molecule has 5 rings (SSSR count). The van der Waals surface area contributed by atoms with E-state index in [4.69, 9.17) is 13.9 Å². The molecule has 10 nitrogen and oxygen atoms in total. The average Bonchev–Trinajstić information content (AvgIpc) is 3.31. The first-order chi connectivity index (χ1) is 18.0. The number of ether oxygens (including phenoxy) is 2. The zero-order chi connectivity index (χ0) is 25.8. The lowest BCUT2D eigenvalue weighted by atomic mass is 9.92. The molecule has 2 aliphatic rings. The van der Waals surface area contributed by atoms with Gasteiger partial charge < -0.3 is 34.9 Å². The fourth-order valence-electron chi connectivity index (χ4n) is 4.55. The average molecular weight is 508 g/mol. The van der Waals surface area contributed by atoms with E-state index < -0.39 is 6.10 Å². The molecule has 0 saturated heterocycles. The van der Waals surface area contributed by atoms with E-state index in [0.717, 1.165) is 35.4 Å². The zero-order valence-corrected chi connectivity index (χ0v) is 21.1. The maximum absolute atomic E-state index is 12.9. The number of anilines is 1. The number of hydrogen-bond donors (Lipinski definition) is 4. The Balaban J connectivity index is 1.15. The normalized spacial score (nSPS) is 17.9. The molecule has 2 aromatic heterocycles. The van der Waals surface area contributed by atoms with Gasteiger partial charge in [-0.25, -0.2) is 9.97 Å². The van der Waals surface area contributed by atoms with Crippen LogP contribution < -0.4 is 25.4 Å². The van der Waals surface area contributed by atoms with Gasteiger partial charge in [0.05, 0.1) is 30.7 Å². The van der Waals surface area contributed by atoms with Crippen LogP contribution in [-0.4, -0.2) is 52.8 Å². The van der Waals surface area contributed by atoms with Gasteiger partial charge in [-0.1, -0.05) is 6.07 Å². The molecule has 0 radical (unpaired) electrons. The predicted molar refractivity (Wildman–Crippen MR) is 137 cm³/mol. The van der Waals surface area contributed by atoms with Gasteiger partial charge in [-0.15, -0.1) is 0 Å². The van der Waals surface area contributed by atoms with Crippen LogP contribution in [-0.2, 0) is 19.6 Å². The predicted octanol–water partition coefficient (Wildman–Crippen LogP) is 2.74. The van der Waals surface area contributed by atoms with Gasteiger partial charge in [0, 0.05) is 25.2 Å². The molecule has 3 aromatic rings. The second kappa shape index (κ2) is 11.2. The van der Waals surface area contributed by atoms with Gasteiger partial charge in [0.1, 0.15) is 23.9 Å². The molecule has 2 atom stereocenters. The quantitative estimate of drug-likeness (QED) is 0.327. The first kappa shape index (κ1) is 25.0. The summed E-state index contributed by atoms with van der Waals surface area (Å²) in [6.45, 7) is 2.91. The number of carbonyl (C=O) groups is 1. The fourth-order valence-corrected chi connectivity index (χ4v) is 4.55. The van der Waals surface area contributed by atoms with Crippen LogP contribution in [0.15, 0.2) is 41.3 Å². The van der Waals surface area contributed by atoms with Gasteiger partial charge in [0.2, 0.25) is 0 Å². The molecule has 1 aliphatic heterocycles. The maximum atomic E-state index is 12.9. The lowest BCUT2D eigenvalue weighted by Gasteiger charge is -2.30. The first-order valence-corrected chi connectivity index (χ1v) is 12.6. The molecule has 10 heteroatoms. The van der Waals surface area contributed by atoms with Crippen molar-refractivity contribution in [3.05, 3.63) is 65.0 Å². The highest BCUT2D eigenvalue weighted by Gasteiger charge is 2.26. The third kappa shape index (κ3) is 5.86. The fraction of sp³-hybridized carbons (Fsp3) is 0.444. The van der Waals surface area contributed by atoms with Crippen molar-refractivity contribution < 1.29 is 23.8 Å². The van der Waals surface area contributed by atoms with Crippen molar-refractivity contribution in [2.75, 3.05) is 19.0 Å². The molecule has 1 saturated carbocycles. The van der Waals surface area contributed by atoms with E-state index in [1.807, 2.05) is 25.1 Å². The Hall–Kier alpha value is -3.63. The van der Waals surface area contributed by atoms with Crippen molar-refractivity contribution in [1.29, 1.82) is 0 Å². The third-order valence-electron chi connectivity index (χ3n) is 7.11. The monoisotopic (exact) mass is 507 g/mol. The molecule has 1 unspecified atom stereocenters. The molecule has 196 valence electrons. The Labute approximate surface area is 215 Å². The van der Waals surface area contributed by atoms with Gasteiger partial charge in [0.25, 0.3) is 5.91 Å². The van der Waals surface area contributed by atoms with E-state index >= 15 is 0 Å². The van der Waals surface area contributed by atoms with Crippen LogP contribution in [0, 0.1) is 6.92 Å². The number of aromatic nitrogens is 2. The zero-order valence-electron chi connectivity index (χ0n) is 21.1. The summed E-state index contributed by atoms with van der Waals surface area (Å²) in [5.41, 5.74) is 3.46. The number of amides is 1. The number of oxazole rings is 1. The molecular weight excluding hydrogens is 474 g/mol. The highest BCUT2D eigenvalue weighted by molar-refractivity contribution is 5.97. The number of benzene rings is 1. The Morgan fingerprint density at radius 2 is 2.14 bits per heavy atom. The van der Waals surface area contributed by atoms with E-state index in [0.29, 0.717) is 48.5 Å². The van der Waals surface area contributed by atoms with E-state index in [-0.39, 0.29) is 18.5 Å². The van der Waals surface area contributed by atoms with Crippen molar-refractivity contribution in [2.45, 2.75) is 63.9 Å². The summed E-state index contributed by atoms with van der Waals surface area (Å²) >= 11 is 0. The third-order valence-corrected chi connectivity index (χ3v) is 7.11. The molecule has 37 heavy (non-hydrogen) atoms.